The number of hydrogen-bond donors (Lipinski definition) is 0. The molecule has 0 heterocycles. The molecule has 0 aliphatic heterocycles. The maximum Gasteiger partial charge on any atom is -0.0351 e. The Morgan fingerprint density at radius 2 is 1.86 bits per heavy atom. The molecule has 0 heteroatoms. The quantitative estimate of drug-likeness (QED) is 0.555. The van der Waals surface area contributed by atoms with Gasteiger partial charge in [-0.1, -0.05) is 59.8 Å². The van der Waals surface area contributed by atoms with Crippen molar-refractivity contribution in [1.29, 1.82) is 0 Å². The first-order valence-electron chi connectivity index (χ1n) is 6.59. The van der Waals surface area contributed by atoms with E-state index in [2.05, 4.69) is 27.7 Å². The Balaban J connectivity index is 2.61. The highest BCUT2D eigenvalue weighted by Gasteiger charge is 2.30. The average molecular weight is 196 g/mol. The van der Waals surface area contributed by atoms with Gasteiger partial charge in [0.05, 0.1) is 0 Å². The highest BCUT2D eigenvalue weighted by atomic mass is 14.4. The van der Waals surface area contributed by atoms with E-state index in [1.807, 2.05) is 0 Å². The fraction of sp³-hybridized carbons (Fsp3) is 1.00. The van der Waals surface area contributed by atoms with Crippen LogP contribution in [-0.2, 0) is 0 Å². The van der Waals surface area contributed by atoms with Gasteiger partial charge in [0, 0.05) is 0 Å². The van der Waals surface area contributed by atoms with E-state index in [4.69, 9.17) is 0 Å². The van der Waals surface area contributed by atoms with Crippen molar-refractivity contribution in [1.82, 2.24) is 0 Å². The molecule has 1 aliphatic carbocycles. The average Bonchev–Trinajstić information content (AvgIpc) is 2.24. The van der Waals surface area contributed by atoms with Gasteiger partial charge in [-0.15, -0.1) is 0 Å². The maximum atomic E-state index is 2.47. The third-order valence-electron chi connectivity index (χ3n) is 4.09. The minimum atomic E-state index is 0.615. The van der Waals surface area contributed by atoms with Crippen LogP contribution in [-0.4, -0.2) is 0 Å². The Hall–Kier alpha value is 0. The molecule has 1 aliphatic rings. The lowest BCUT2D eigenvalue weighted by molar-refractivity contribution is 0.215. The predicted octanol–water partition coefficient (Wildman–Crippen LogP) is 5.03. The number of rotatable bonds is 3. The molecule has 0 aromatic carbocycles. The Bertz CT molecular complexity index is 157. The summed E-state index contributed by atoms with van der Waals surface area (Å²) in [7, 11) is 0. The van der Waals surface area contributed by atoms with Crippen LogP contribution in [0, 0.1) is 17.3 Å². The van der Waals surface area contributed by atoms with Gasteiger partial charge in [-0.05, 0) is 30.1 Å². The van der Waals surface area contributed by atoms with Crippen molar-refractivity contribution in [3.8, 4) is 0 Å². The van der Waals surface area contributed by atoms with Gasteiger partial charge in [0.15, 0.2) is 0 Å². The summed E-state index contributed by atoms with van der Waals surface area (Å²) in [4.78, 5) is 0. The first-order valence-corrected chi connectivity index (χ1v) is 6.59. The van der Waals surface area contributed by atoms with Crippen molar-refractivity contribution in [2.45, 2.75) is 72.6 Å². The molecule has 14 heavy (non-hydrogen) atoms. The van der Waals surface area contributed by atoms with E-state index in [0.717, 1.165) is 11.8 Å². The van der Waals surface area contributed by atoms with Crippen LogP contribution in [0.4, 0.5) is 0 Å². The normalized spacial score (nSPS) is 32.6. The van der Waals surface area contributed by atoms with Crippen LogP contribution < -0.4 is 0 Å². The van der Waals surface area contributed by atoms with E-state index in [9.17, 15) is 0 Å². The molecule has 2 unspecified atom stereocenters. The van der Waals surface area contributed by atoms with Crippen LogP contribution in [0.2, 0.25) is 0 Å². The fourth-order valence-corrected chi connectivity index (χ4v) is 3.30. The zero-order valence-electron chi connectivity index (χ0n) is 10.6. The third-order valence-corrected chi connectivity index (χ3v) is 4.09. The molecule has 0 nitrogen and oxygen atoms in total. The van der Waals surface area contributed by atoms with E-state index in [-0.39, 0.29) is 0 Å². The second-order valence-corrected chi connectivity index (χ2v) is 5.98. The monoisotopic (exact) mass is 196 g/mol. The molecule has 0 bridgehead atoms. The van der Waals surface area contributed by atoms with Crippen LogP contribution in [0.1, 0.15) is 72.6 Å². The van der Waals surface area contributed by atoms with Gasteiger partial charge >= 0.3 is 0 Å². The first-order chi connectivity index (χ1) is 6.59. The van der Waals surface area contributed by atoms with Gasteiger partial charge in [0.25, 0.3) is 0 Å². The Kier molecular flexibility index (Phi) is 4.47. The van der Waals surface area contributed by atoms with Crippen molar-refractivity contribution < 1.29 is 0 Å². The second-order valence-electron chi connectivity index (χ2n) is 5.98. The molecule has 1 saturated carbocycles. The van der Waals surface area contributed by atoms with Gasteiger partial charge in [0.1, 0.15) is 0 Å². The lowest BCUT2D eigenvalue weighted by Crippen LogP contribution is -2.19. The lowest BCUT2D eigenvalue weighted by atomic mass is 9.76. The van der Waals surface area contributed by atoms with Gasteiger partial charge in [0.2, 0.25) is 0 Å². The molecule has 0 radical (unpaired) electrons. The highest BCUT2D eigenvalue weighted by molar-refractivity contribution is 4.81. The van der Waals surface area contributed by atoms with Gasteiger partial charge < -0.3 is 0 Å². The summed E-state index contributed by atoms with van der Waals surface area (Å²) in [6.07, 6.45) is 10.1. The van der Waals surface area contributed by atoms with Gasteiger partial charge in [-0.3, -0.25) is 0 Å². The van der Waals surface area contributed by atoms with Crippen molar-refractivity contribution in [3.63, 3.8) is 0 Å². The SMILES string of the molecule is CCCC1CC(C)(C)CCCC1CC. The highest BCUT2D eigenvalue weighted by Crippen LogP contribution is 2.42. The standard InChI is InChI=1S/C14H28/c1-5-8-13-11-14(3,4)10-7-9-12(13)6-2/h12-13H,5-11H2,1-4H3. The third kappa shape index (κ3) is 3.29. The summed E-state index contributed by atoms with van der Waals surface area (Å²) < 4.78 is 0. The molecule has 2 atom stereocenters. The van der Waals surface area contributed by atoms with E-state index < -0.39 is 0 Å². The minimum absolute atomic E-state index is 0.615. The van der Waals surface area contributed by atoms with E-state index in [0.29, 0.717) is 5.41 Å². The Morgan fingerprint density at radius 1 is 1.14 bits per heavy atom. The molecule has 1 rings (SSSR count). The van der Waals surface area contributed by atoms with Crippen LogP contribution in [0.15, 0.2) is 0 Å². The second kappa shape index (κ2) is 5.19. The molecule has 0 amide bonds. The molecule has 0 saturated heterocycles. The van der Waals surface area contributed by atoms with Gasteiger partial charge in [-0.2, -0.15) is 0 Å². The molecular formula is C14H28. The van der Waals surface area contributed by atoms with Crippen molar-refractivity contribution in [3.05, 3.63) is 0 Å². The van der Waals surface area contributed by atoms with E-state index >= 15 is 0 Å². The summed E-state index contributed by atoms with van der Waals surface area (Å²) >= 11 is 0. The van der Waals surface area contributed by atoms with E-state index in [1.54, 1.807) is 0 Å². The summed E-state index contributed by atoms with van der Waals surface area (Å²) in [5, 5.41) is 0. The van der Waals surface area contributed by atoms with E-state index in [1.165, 1.54) is 44.9 Å². The summed E-state index contributed by atoms with van der Waals surface area (Å²) in [6.45, 7) is 9.65. The molecule has 0 N–H and O–H groups in total. The van der Waals surface area contributed by atoms with Crippen molar-refractivity contribution in [2.24, 2.45) is 17.3 Å². The summed E-state index contributed by atoms with van der Waals surface area (Å²) in [5.41, 5.74) is 0.615. The van der Waals surface area contributed by atoms with Crippen LogP contribution in [0.5, 0.6) is 0 Å². The molecular weight excluding hydrogens is 168 g/mol. The Morgan fingerprint density at radius 3 is 2.43 bits per heavy atom. The van der Waals surface area contributed by atoms with Crippen LogP contribution >= 0.6 is 0 Å². The predicted molar refractivity (Wildman–Crippen MR) is 64.4 cm³/mol. The Labute approximate surface area is 90.5 Å². The van der Waals surface area contributed by atoms with Crippen LogP contribution in [0.25, 0.3) is 0 Å². The zero-order chi connectivity index (χ0) is 10.6. The lowest BCUT2D eigenvalue weighted by Gasteiger charge is -2.29. The topological polar surface area (TPSA) is 0 Å². The molecule has 1 fully saturated rings. The summed E-state index contributed by atoms with van der Waals surface area (Å²) in [5.74, 6) is 2.04. The van der Waals surface area contributed by atoms with Crippen molar-refractivity contribution >= 4 is 0 Å². The maximum absolute atomic E-state index is 2.47. The largest absolute Gasteiger partial charge is 0.0654 e. The molecule has 0 aromatic rings. The van der Waals surface area contributed by atoms with Crippen LogP contribution in [0.3, 0.4) is 0 Å². The minimum Gasteiger partial charge on any atom is -0.0654 e. The van der Waals surface area contributed by atoms with Gasteiger partial charge in [-0.25, -0.2) is 0 Å². The molecule has 0 spiro atoms. The summed E-state index contributed by atoms with van der Waals surface area (Å²) in [6, 6.07) is 0. The first kappa shape index (κ1) is 12.1. The molecule has 84 valence electrons. The zero-order valence-corrected chi connectivity index (χ0v) is 10.6. The van der Waals surface area contributed by atoms with Crippen molar-refractivity contribution in [2.75, 3.05) is 0 Å². The fourth-order valence-electron chi connectivity index (χ4n) is 3.30. The number of hydrogen-bond acceptors (Lipinski definition) is 0. The smallest absolute Gasteiger partial charge is 0.0351 e. The molecule has 0 aromatic heterocycles.